The molecule has 0 saturated carbocycles. The molecule has 0 aliphatic carbocycles. The van der Waals surface area contributed by atoms with E-state index < -0.39 is 5.38 Å². The molecule has 86 valence electrons. The number of benzene rings is 1. The van der Waals surface area contributed by atoms with Crippen LogP contribution in [-0.4, -0.2) is 16.0 Å². The van der Waals surface area contributed by atoms with Crippen LogP contribution in [0.1, 0.15) is 12.5 Å². The summed E-state index contributed by atoms with van der Waals surface area (Å²) in [5.74, 6) is -0.132. The first kappa shape index (κ1) is 12.1. The molecule has 1 aromatic rings. The van der Waals surface area contributed by atoms with Crippen molar-refractivity contribution in [2.24, 2.45) is 0 Å². The first-order valence-electron chi connectivity index (χ1n) is 5.02. The van der Waals surface area contributed by atoms with Crippen LogP contribution >= 0.6 is 35.1 Å². The molecule has 0 radical (unpaired) electrons. The second kappa shape index (κ2) is 4.86. The average molecular weight is 276 g/mol. The minimum Gasteiger partial charge on any atom is -0.272 e. The van der Waals surface area contributed by atoms with Gasteiger partial charge in [-0.1, -0.05) is 25.1 Å². The van der Waals surface area contributed by atoms with E-state index in [9.17, 15) is 4.79 Å². The maximum absolute atomic E-state index is 11.9. The van der Waals surface area contributed by atoms with Crippen LogP contribution in [0.2, 0.25) is 0 Å². The zero-order valence-corrected chi connectivity index (χ0v) is 11.0. The van der Waals surface area contributed by atoms with Gasteiger partial charge in [0.1, 0.15) is 10.1 Å². The van der Waals surface area contributed by atoms with Crippen LogP contribution in [0.5, 0.6) is 0 Å². The van der Waals surface area contributed by atoms with Gasteiger partial charge in [0.2, 0.25) is 0 Å². The van der Waals surface area contributed by atoms with E-state index in [0.29, 0.717) is 0 Å². The molecule has 0 aromatic heterocycles. The summed E-state index contributed by atoms with van der Waals surface area (Å²) in [6.45, 7) is 2.06. The monoisotopic (exact) mass is 275 g/mol. The third kappa shape index (κ3) is 2.04. The number of aryl methyl sites for hydroxylation is 1. The van der Waals surface area contributed by atoms with Crippen LogP contribution in [0, 0.1) is 0 Å². The number of hydrogen-bond acceptors (Lipinski definition) is 2. The van der Waals surface area contributed by atoms with E-state index >= 15 is 0 Å². The molecular formula is C11H11Cl2NOS. The number of carbonyl (C=O) groups is 1. The Bertz CT molecular complexity index is 413. The number of halogens is 2. The average Bonchev–Trinajstić information content (AvgIpc) is 2.57. The van der Waals surface area contributed by atoms with Crippen LogP contribution in [-0.2, 0) is 11.2 Å². The standard InChI is InChI=1S/C11H11Cl2NOS/c1-2-7-5-3-4-6-8(7)14-11(15)9(12)10(13)16-14/h3-6,9-10H,2H2,1H3. The highest BCUT2D eigenvalue weighted by Crippen LogP contribution is 2.40. The fraction of sp³-hybridized carbons (Fsp3) is 0.364. The highest BCUT2D eigenvalue weighted by Gasteiger charge is 2.40. The molecule has 2 rings (SSSR count). The van der Waals surface area contributed by atoms with Crippen LogP contribution < -0.4 is 4.31 Å². The van der Waals surface area contributed by atoms with Crippen molar-refractivity contribution in [1.29, 1.82) is 0 Å². The van der Waals surface area contributed by atoms with Gasteiger partial charge in [0.25, 0.3) is 5.91 Å². The number of anilines is 1. The quantitative estimate of drug-likeness (QED) is 0.609. The summed E-state index contributed by atoms with van der Waals surface area (Å²) in [5.41, 5.74) is 2.02. The van der Waals surface area contributed by atoms with Crippen molar-refractivity contribution < 1.29 is 4.79 Å². The van der Waals surface area contributed by atoms with E-state index in [-0.39, 0.29) is 10.6 Å². The van der Waals surface area contributed by atoms with E-state index in [1.54, 1.807) is 4.31 Å². The zero-order valence-electron chi connectivity index (χ0n) is 8.69. The van der Waals surface area contributed by atoms with Gasteiger partial charge >= 0.3 is 0 Å². The Morgan fingerprint density at radius 3 is 2.62 bits per heavy atom. The number of hydrogen-bond donors (Lipinski definition) is 0. The fourth-order valence-corrected chi connectivity index (χ4v) is 3.19. The van der Waals surface area contributed by atoms with Crippen LogP contribution in [0.4, 0.5) is 5.69 Å². The maximum atomic E-state index is 11.9. The number of rotatable bonds is 2. The molecule has 1 fully saturated rings. The number of amides is 1. The minimum atomic E-state index is -0.642. The van der Waals surface area contributed by atoms with Crippen molar-refractivity contribution in [2.45, 2.75) is 23.4 Å². The molecule has 1 aliphatic heterocycles. The Hall–Kier alpha value is -0.380. The summed E-state index contributed by atoms with van der Waals surface area (Å²) in [7, 11) is 0. The molecule has 1 saturated heterocycles. The van der Waals surface area contributed by atoms with E-state index in [1.165, 1.54) is 11.9 Å². The number of carbonyl (C=O) groups excluding carboxylic acids is 1. The molecule has 1 heterocycles. The highest BCUT2D eigenvalue weighted by molar-refractivity contribution is 8.03. The van der Waals surface area contributed by atoms with Crippen LogP contribution in [0.3, 0.4) is 0 Å². The zero-order chi connectivity index (χ0) is 11.7. The molecule has 0 spiro atoms. The van der Waals surface area contributed by atoms with Crippen LogP contribution in [0.25, 0.3) is 0 Å². The molecule has 1 aliphatic rings. The SMILES string of the molecule is CCc1ccccc1N1SC(Cl)C(Cl)C1=O. The third-order valence-electron chi connectivity index (χ3n) is 2.46. The van der Waals surface area contributed by atoms with E-state index in [0.717, 1.165) is 17.7 Å². The lowest BCUT2D eigenvalue weighted by Crippen LogP contribution is -2.25. The number of alkyl halides is 2. The first-order chi connectivity index (χ1) is 7.65. The Morgan fingerprint density at radius 2 is 2.06 bits per heavy atom. The summed E-state index contributed by atoms with van der Waals surface area (Å²) < 4.78 is 1.22. The van der Waals surface area contributed by atoms with Gasteiger partial charge in [-0.05, 0) is 30.0 Å². The van der Waals surface area contributed by atoms with Gasteiger partial charge in [0, 0.05) is 0 Å². The third-order valence-corrected chi connectivity index (χ3v) is 4.73. The van der Waals surface area contributed by atoms with Gasteiger partial charge < -0.3 is 0 Å². The summed E-state index contributed by atoms with van der Waals surface area (Å²) in [6.07, 6.45) is 0.875. The Kier molecular flexibility index (Phi) is 3.67. The summed E-state index contributed by atoms with van der Waals surface area (Å²) in [4.78, 5) is 11.9. The van der Waals surface area contributed by atoms with E-state index in [2.05, 4.69) is 6.92 Å². The lowest BCUT2D eigenvalue weighted by atomic mass is 10.1. The summed E-state index contributed by atoms with van der Waals surface area (Å²) in [6, 6.07) is 7.80. The van der Waals surface area contributed by atoms with Gasteiger partial charge in [-0.3, -0.25) is 9.10 Å². The van der Waals surface area contributed by atoms with Gasteiger partial charge in [-0.2, -0.15) is 0 Å². The van der Waals surface area contributed by atoms with Gasteiger partial charge in [0.15, 0.2) is 0 Å². The Labute approximate surface area is 109 Å². The van der Waals surface area contributed by atoms with Gasteiger partial charge in [-0.25, -0.2) is 0 Å². The molecule has 1 aromatic carbocycles. The second-order valence-electron chi connectivity index (χ2n) is 3.47. The van der Waals surface area contributed by atoms with Crippen molar-refractivity contribution >= 4 is 46.7 Å². The van der Waals surface area contributed by atoms with Crippen molar-refractivity contribution in [3.8, 4) is 0 Å². The Morgan fingerprint density at radius 1 is 1.38 bits per heavy atom. The van der Waals surface area contributed by atoms with Crippen molar-refractivity contribution in [3.63, 3.8) is 0 Å². The predicted molar refractivity (Wildman–Crippen MR) is 70.2 cm³/mol. The first-order valence-corrected chi connectivity index (χ1v) is 6.73. The highest BCUT2D eigenvalue weighted by atomic mass is 35.5. The molecule has 16 heavy (non-hydrogen) atoms. The van der Waals surface area contributed by atoms with Gasteiger partial charge in [0.05, 0.1) is 5.69 Å². The maximum Gasteiger partial charge on any atom is 0.257 e. The molecular weight excluding hydrogens is 265 g/mol. The predicted octanol–water partition coefficient (Wildman–Crippen LogP) is 3.42. The van der Waals surface area contributed by atoms with Gasteiger partial charge in [-0.15, -0.1) is 23.2 Å². The van der Waals surface area contributed by atoms with Crippen LogP contribution in [0.15, 0.2) is 24.3 Å². The number of para-hydroxylation sites is 1. The molecule has 0 N–H and O–H groups in total. The van der Waals surface area contributed by atoms with E-state index in [4.69, 9.17) is 23.2 Å². The minimum absolute atomic E-state index is 0.132. The smallest absolute Gasteiger partial charge is 0.257 e. The number of nitrogens with zero attached hydrogens (tertiary/aromatic N) is 1. The molecule has 2 unspecified atom stereocenters. The van der Waals surface area contributed by atoms with Crippen molar-refractivity contribution in [2.75, 3.05) is 4.31 Å². The lowest BCUT2D eigenvalue weighted by molar-refractivity contribution is -0.116. The topological polar surface area (TPSA) is 20.3 Å². The van der Waals surface area contributed by atoms with E-state index in [1.807, 2.05) is 24.3 Å². The molecule has 1 amide bonds. The van der Waals surface area contributed by atoms with Crippen molar-refractivity contribution in [3.05, 3.63) is 29.8 Å². The summed E-state index contributed by atoms with van der Waals surface area (Å²) >= 11 is 13.2. The van der Waals surface area contributed by atoms with Crippen molar-refractivity contribution in [1.82, 2.24) is 0 Å². The second-order valence-corrected chi connectivity index (χ2v) is 5.76. The molecule has 2 nitrogen and oxygen atoms in total. The summed E-state index contributed by atoms with van der Waals surface area (Å²) in [5, 5.41) is -0.642. The molecule has 0 bridgehead atoms. The fourth-order valence-electron chi connectivity index (χ4n) is 1.61. The molecule has 5 heteroatoms. The molecule has 2 atom stereocenters. The normalized spacial score (nSPS) is 25.2. The Balaban J connectivity index is 2.35. The largest absolute Gasteiger partial charge is 0.272 e. The lowest BCUT2D eigenvalue weighted by Gasteiger charge is -2.17.